The van der Waals surface area contributed by atoms with Gasteiger partial charge in [-0.15, -0.1) is 0 Å². The van der Waals surface area contributed by atoms with Crippen LogP contribution in [0.15, 0.2) is 133 Å². The highest BCUT2D eigenvalue weighted by molar-refractivity contribution is 6.14. The molecule has 4 heteroatoms. The van der Waals surface area contributed by atoms with Crippen LogP contribution in [0.3, 0.4) is 0 Å². The Balaban J connectivity index is 1.36. The lowest BCUT2D eigenvalue weighted by atomic mass is 10.1. The first-order valence-corrected chi connectivity index (χ1v) is 13.4. The van der Waals surface area contributed by atoms with Crippen LogP contribution in [0.4, 0.5) is 0 Å². The molecule has 1 aliphatic heterocycles. The smallest absolute Gasteiger partial charge is 0.194 e. The summed E-state index contributed by atoms with van der Waals surface area (Å²) in [5.41, 5.74) is 6.71. The largest absolute Gasteiger partial charge is 0.449 e. The van der Waals surface area contributed by atoms with Gasteiger partial charge in [-0.25, -0.2) is 0 Å². The minimum atomic E-state index is 0.719. The zero-order valence-corrected chi connectivity index (χ0v) is 21.4. The van der Waals surface area contributed by atoms with Crippen molar-refractivity contribution in [3.05, 3.63) is 133 Å². The van der Waals surface area contributed by atoms with Gasteiger partial charge < -0.3 is 18.6 Å². The molecule has 188 valence electrons. The summed E-state index contributed by atoms with van der Waals surface area (Å²) < 4.78 is 17.5. The lowest BCUT2D eigenvalue weighted by Crippen LogP contribution is -2.02. The zero-order valence-electron chi connectivity index (χ0n) is 21.4. The van der Waals surface area contributed by atoms with E-state index in [0.717, 1.165) is 50.8 Å². The molecule has 1 aliphatic rings. The second-order valence-electron chi connectivity index (χ2n) is 10.2. The molecule has 0 amide bonds. The third-order valence-electron chi connectivity index (χ3n) is 7.96. The van der Waals surface area contributed by atoms with Crippen LogP contribution < -0.4 is 9.47 Å². The van der Waals surface area contributed by atoms with Crippen molar-refractivity contribution in [1.29, 1.82) is 0 Å². The van der Waals surface area contributed by atoms with Crippen LogP contribution in [-0.2, 0) is 0 Å². The number of hydrogen-bond donors (Lipinski definition) is 0. The van der Waals surface area contributed by atoms with Gasteiger partial charge in [0, 0.05) is 32.9 Å². The Morgan fingerprint density at radius 1 is 0.375 bits per heavy atom. The van der Waals surface area contributed by atoms with E-state index < -0.39 is 0 Å². The van der Waals surface area contributed by atoms with Crippen molar-refractivity contribution in [2.24, 2.45) is 0 Å². The molecule has 0 fully saturated rings. The van der Waals surface area contributed by atoms with E-state index in [9.17, 15) is 0 Å². The Morgan fingerprint density at radius 2 is 1.00 bits per heavy atom. The van der Waals surface area contributed by atoms with Gasteiger partial charge >= 0.3 is 0 Å². The summed E-state index contributed by atoms with van der Waals surface area (Å²) in [7, 11) is 0. The summed E-state index contributed by atoms with van der Waals surface area (Å²) in [6.07, 6.45) is 0. The van der Waals surface area contributed by atoms with Gasteiger partial charge in [-0.1, -0.05) is 66.7 Å². The Bertz CT molecular complexity index is 2270. The van der Waals surface area contributed by atoms with E-state index in [1.54, 1.807) is 0 Å². The van der Waals surface area contributed by atoms with E-state index in [1.165, 1.54) is 27.2 Å². The molecule has 0 saturated carbocycles. The van der Waals surface area contributed by atoms with Gasteiger partial charge in [0.05, 0.1) is 16.6 Å². The maximum atomic E-state index is 6.55. The highest BCUT2D eigenvalue weighted by Crippen LogP contribution is 2.50. The number of para-hydroxylation sites is 5. The third-order valence-corrected chi connectivity index (χ3v) is 7.96. The summed E-state index contributed by atoms with van der Waals surface area (Å²) in [5, 5.41) is 4.73. The van der Waals surface area contributed by atoms with E-state index in [1.807, 2.05) is 30.3 Å². The number of aromatic nitrogens is 2. The first kappa shape index (κ1) is 21.5. The van der Waals surface area contributed by atoms with Crippen LogP contribution in [0.25, 0.3) is 55.0 Å². The first-order valence-electron chi connectivity index (χ1n) is 13.4. The molecule has 6 aromatic carbocycles. The fourth-order valence-electron chi connectivity index (χ4n) is 6.26. The van der Waals surface area contributed by atoms with E-state index in [4.69, 9.17) is 9.47 Å². The molecule has 0 saturated heterocycles. The topological polar surface area (TPSA) is 28.3 Å². The molecule has 0 unspecified atom stereocenters. The predicted octanol–water partition coefficient (Wildman–Crippen LogP) is 9.78. The maximum Gasteiger partial charge on any atom is 0.194 e. The standard InChI is InChI=1S/C36H22N2O2/c1-2-10-23(11-3-1)37-29-14-6-5-13-26(29)28-22-24(18-20-31(28)37)38-30-15-7-4-12-25(30)27-19-21-34-36(35(27)38)40-33-17-9-8-16-32(33)39-34/h1-22H. The molecule has 0 N–H and O–H groups in total. The molecule has 3 heterocycles. The van der Waals surface area contributed by atoms with Crippen molar-refractivity contribution in [1.82, 2.24) is 9.13 Å². The van der Waals surface area contributed by atoms with E-state index in [0.29, 0.717) is 0 Å². The second kappa shape index (κ2) is 8.01. The number of rotatable bonds is 2. The van der Waals surface area contributed by atoms with Crippen LogP contribution >= 0.6 is 0 Å². The quantitative estimate of drug-likeness (QED) is 0.230. The van der Waals surface area contributed by atoms with Gasteiger partial charge in [-0.05, 0) is 66.7 Å². The average molecular weight is 515 g/mol. The Kier molecular flexibility index (Phi) is 4.30. The molecule has 9 rings (SSSR count). The maximum absolute atomic E-state index is 6.55. The molecule has 40 heavy (non-hydrogen) atoms. The van der Waals surface area contributed by atoms with Gasteiger partial charge in [0.1, 0.15) is 5.52 Å². The molecule has 0 atom stereocenters. The van der Waals surface area contributed by atoms with Crippen molar-refractivity contribution in [2.45, 2.75) is 0 Å². The van der Waals surface area contributed by atoms with E-state index >= 15 is 0 Å². The van der Waals surface area contributed by atoms with Gasteiger partial charge in [0.25, 0.3) is 0 Å². The number of hydrogen-bond acceptors (Lipinski definition) is 2. The minimum Gasteiger partial charge on any atom is -0.449 e. The van der Waals surface area contributed by atoms with Crippen LogP contribution in [-0.4, -0.2) is 9.13 Å². The molecule has 0 aliphatic carbocycles. The SMILES string of the molecule is c1ccc(-n2c3ccccc3c3cc(-n4c5ccccc5c5ccc6c(c54)Oc4ccccc4O6)ccc32)cc1. The molecule has 2 aromatic heterocycles. The zero-order chi connectivity index (χ0) is 26.2. The van der Waals surface area contributed by atoms with Gasteiger partial charge in [0.2, 0.25) is 0 Å². The third kappa shape index (κ3) is 2.90. The predicted molar refractivity (Wildman–Crippen MR) is 162 cm³/mol. The number of nitrogens with zero attached hydrogens (tertiary/aromatic N) is 2. The summed E-state index contributed by atoms with van der Waals surface area (Å²) in [5.74, 6) is 2.91. The van der Waals surface area contributed by atoms with Gasteiger partial charge in [-0.3, -0.25) is 0 Å². The van der Waals surface area contributed by atoms with Crippen LogP contribution in [0.5, 0.6) is 23.0 Å². The van der Waals surface area contributed by atoms with Crippen LogP contribution in [0.2, 0.25) is 0 Å². The lowest BCUT2D eigenvalue weighted by Gasteiger charge is -2.22. The normalized spacial score (nSPS) is 12.4. The Hall–Kier alpha value is -5.48. The first-order chi connectivity index (χ1) is 19.8. The van der Waals surface area contributed by atoms with Gasteiger partial charge in [0.15, 0.2) is 23.0 Å². The molecule has 0 radical (unpaired) electrons. The summed E-state index contributed by atoms with van der Waals surface area (Å²) in [6, 6.07) is 46.5. The highest BCUT2D eigenvalue weighted by Gasteiger charge is 2.25. The van der Waals surface area contributed by atoms with E-state index in [2.05, 4.69) is 112 Å². The summed E-state index contributed by atoms with van der Waals surface area (Å²) in [4.78, 5) is 0. The summed E-state index contributed by atoms with van der Waals surface area (Å²) >= 11 is 0. The molecular formula is C36H22N2O2. The molecule has 0 spiro atoms. The number of fused-ring (bicyclic) bond motifs is 9. The number of ether oxygens (including phenoxy) is 2. The lowest BCUT2D eigenvalue weighted by molar-refractivity contribution is 0.362. The highest BCUT2D eigenvalue weighted by atomic mass is 16.6. The van der Waals surface area contributed by atoms with Crippen molar-refractivity contribution >= 4 is 43.6 Å². The fraction of sp³-hybridized carbons (Fsp3) is 0. The monoisotopic (exact) mass is 514 g/mol. The van der Waals surface area contributed by atoms with Crippen LogP contribution in [0.1, 0.15) is 0 Å². The average Bonchev–Trinajstić information content (AvgIpc) is 3.53. The molecule has 8 aromatic rings. The summed E-state index contributed by atoms with van der Waals surface area (Å²) in [6.45, 7) is 0. The van der Waals surface area contributed by atoms with Crippen molar-refractivity contribution in [3.63, 3.8) is 0 Å². The van der Waals surface area contributed by atoms with Gasteiger partial charge in [-0.2, -0.15) is 0 Å². The molecule has 0 bridgehead atoms. The van der Waals surface area contributed by atoms with Crippen LogP contribution in [0, 0.1) is 0 Å². The Labute approximate surface area is 229 Å². The van der Waals surface area contributed by atoms with E-state index in [-0.39, 0.29) is 0 Å². The van der Waals surface area contributed by atoms with Crippen molar-refractivity contribution < 1.29 is 9.47 Å². The Morgan fingerprint density at radius 3 is 1.80 bits per heavy atom. The van der Waals surface area contributed by atoms with Crippen molar-refractivity contribution in [3.8, 4) is 34.4 Å². The molecular weight excluding hydrogens is 492 g/mol. The minimum absolute atomic E-state index is 0.719. The number of benzene rings is 6. The second-order valence-corrected chi connectivity index (χ2v) is 10.2. The fourth-order valence-corrected chi connectivity index (χ4v) is 6.26. The van der Waals surface area contributed by atoms with Crippen molar-refractivity contribution in [2.75, 3.05) is 0 Å². The molecule has 4 nitrogen and oxygen atoms in total.